The molecule has 1 aliphatic rings. The van der Waals surface area contributed by atoms with Gasteiger partial charge in [0.15, 0.2) is 5.58 Å². The number of nitrogens with one attached hydrogen (secondary N) is 1. The second-order valence-electron chi connectivity index (χ2n) is 4.36. The zero-order chi connectivity index (χ0) is 11.8. The van der Waals surface area contributed by atoms with Gasteiger partial charge >= 0.3 is 0 Å². The number of fused-ring (bicyclic) bond motifs is 1. The van der Waals surface area contributed by atoms with Crippen molar-refractivity contribution in [3.63, 3.8) is 0 Å². The molecule has 5 heteroatoms. The highest BCUT2D eigenvalue weighted by molar-refractivity contribution is 9.10. The van der Waals surface area contributed by atoms with Gasteiger partial charge in [-0.2, -0.15) is 4.98 Å². The van der Waals surface area contributed by atoms with E-state index in [1.54, 1.807) is 0 Å². The minimum absolute atomic E-state index is 0.417. The summed E-state index contributed by atoms with van der Waals surface area (Å²) in [5.41, 5.74) is 1.74. The molecule has 1 saturated heterocycles. The third-order valence-electron chi connectivity index (χ3n) is 3.09. The molecule has 0 saturated carbocycles. The van der Waals surface area contributed by atoms with Gasteiger partial charge in [0.25, 0.3) is 6.01 Å². The number of hydrogen-bond donors (Lipinski definition) is 1. The zero-order valence-corrected chi connectivity index (χ0v) is 11.2. The first-order valence-electron chi connectivity index (χ1n) is 5.77. The Morgan fingerprint density at radius 2 is 2.41 bits per heavy atom. The first-order valence-corrected chi connectivity index (χ1v) is 6.57. The number of rotatable bonds is 1. The molecule has 1 aromatic carbocycles. The monoisotopic (exact) mass is 295 g/mol. The Bertz CT molecular complexity index is 540. The smallest absolute Gasteiger partial charge is 0.298 e. The van der Waals surface area contributed by atoms with Gasteiger partial charge in [0.05, 0.1) is 0 Å². The van der Waals surface area contributed by atoms with Gasteiger partial charge in [-0.3, -0.25) is 0 Å². The quantitative estimate of drug-likeness (QED) is 0.877. The lowest BCUT2D eigenvalue weighted by atomic mass is 10.2. The van der Waals surface area contributed by atoms with Crippen LogP contribution >= 0.6 is 15.9 Å². The van der Waals surface area contributed by atoms with Crippen LogP contribution in [0.1, 0.15) is 6.92 Å². The van der Waals surface area contributed by atoms with E-state index in [-0.39, 0.29) is 0 Å². The SMILES string of the molecule is C[C@H]1CNCCN1c1nc2cc(Br)ccc2o1. The fraction of sp³-hybridized carbons (Fsp3) is 0.417. The Morgan fingerprint density at radius 1 is 1.53 bits per heavy atom. The van der Waals surface area contributed by atoms with Crippen LogP contribution in [0.15, 0.2) is 27.1 Å². The number of nitrogens with zero attached hydrogens (tertiary/aromatic N) is 2. The van der Waals surface area contributed by atoms with E-state index < -0.39 is 0 Å². The van der Waals surface area contributed by atoms with Crippen molar-refractivity contribution in [3.05, 3.63) is 22.7 Å². The third kappa shape index (κ3) is 2.05. The summed E-state index contributed by atoms with van der Waals surface area (Å²) >= 11 is 3.44. The van der Waals surface area contributed by atoms with Gasteiger partial charge in [-0.25, -0.2) is 0 Å². The number of piperazine rings is 1. The molecule has 1 N–H and O–H groups in total. The van der Waals surface area contributed by atoms with Crippen molar-refractivity contribution in [2.45, 2.75) is 13.0 Å². The average molecular weight is 296 g/mol. The molecular formula is C12H14BrN3O. The van der Waals surface area contributed by atoms with Gasteiger partial charge < -0.3 is 14.6 Å². The lowest BCUT2D eigenvalue weighted by molar-refractivity contribution is 0.456. The lowest BCUT2D eigenvalue weighted by Crippen LogP contribution is -2.50. The predicted molar refractivity (Wildman–Crippen MR) is 71.4 cm³/mol. The molecule has 17 heavy (non-hydrogen) atoms. The number of oxazole rings is 1. The van der Waals surface area contributed by atoms with Crippen molar-refractivity contribution in [1.82, 2.24) is 10.3 Å². The van der Waals surface area contributed by atoms with Crippen molar-refractivity contribution in [2.24, 2.45) is 0 Å². The van der Waals surface area contributed by atoms with E-state index in [1.807, 2.05) is 18.2 Å². The molecule has 0 aliphatic carbocycles. The van der Waals surface area contributed by atoms with Gasteiger partial charge in [0.1, 0.15) is 5.52 Å². The predicted octanol–water partition coefficient (Wildman–Crippen LogP) is 2.39. The molecule has 1 fully saturated rings. The molecular weight excluding hydrogens is 282 g/mol. The molecule has 0 amide bonds. The topological polar surface area (TPSA) is 41.3 Å². The standard InChI is InChI=1S/C12H14BrN3O/c1-8-7-14-4-5-16(8)12-15-10-6-9(13)2-3-11(10)17-12/h2-3,6,8,14H,4-5,7H2,1H3/t8-/m0/s1. The van der Waals surface area contributed by atoms with Crippen molar-refractivity contribution < 1.29 is 4.42 Å². The lowest BCUT2D eigenvalue weighted by Gasteiger charge is -2.32. The van der Waals surface area contributed by atoms with Crippen LogP contribution in [0.2, 0.25) is 0 Å². The van der Waals surface area contributed by atoms with Gasteiger partial charge in [0, 0.05) is 30.1 Å². The molecule has 0 unspecified atom stereocenters. The van der Waals surface area contributed by atoms with E-state index in [4.69, 9.17) is 4.42 Å². The summed E-state index contributed by atoms with van der Waals surface area (Å²) in [5, 5.41) is 3.36. The molecule has 90 valence electrons. The van der Waals surface area contributed by atoms with Crippen LogP contribution in [-0.4, -0.2) is 30.7 Å². The summed E-state index contributed by atoms with van der Waals surface area (Å²) in [4.78, 5) is 6.76. The molecule has 0 spiro atoms. The highest BCUT2D eigenvalue weighted by atomic mass is 79.9. The molecule has 2 aromatic rings. The van der Waals surface area contributed by atoms with E-state index in [0.29, 0.717) is 6.04 Å². The highest BCUT2D eigenvalue weighted by Gasteiger charge is 2.22. The maximum Gasteiger partial charge on any atom is 0.298 e. The molecule has 3 rings (SSSR count). The maximum atomic E-state index is 5.80. The van der Waals surface area contributed by atoms with Gasteiger partial charge in [-0.05, 0) is 25.1 Å². The Morgan fingerprint density at radius 3 is 3.24 bits per heavy atom. The summed E-state index contributed by atoms with van der Waals surface area (Å²) in [7, 11) is 0. The van der Waals surface area contributed by atoms with E-state index in [2.05, 4.69) is 38.1 Å². The largest absolute Gasteiger partial charge is 0.423 e. The first-order chi connectivity index (χ1) is 8.24. The van der Waals surface area contributed by atoms with Crippen molar-refractivity contribution >= 4 is 33.0 Å². The van der Waals surface area contributed by atoms with Gasteiger partial charge in [-0.15, -0.1) is 0 Å². The number of hydrogen-bond acceptors (Lipinski definition) is 4. The second-order valence-corrected chi connectivity index (χ2v) is 5.27. The molecule has 1 aromatic heterocycles. The summed E-state index contributed by atoms with van der Waals surface area (Å²) in [6, 6.07) is 7.04. The first kappa shape index (κ1) is 11.0. The molecule has 1 atom stereocenters. The van der Waals surface area contributed by atoms with Crippen LogP contribution in [0.5, 0.6) is 0 Å². The van der Waals surface area contributed by atoms with Gasteiger partial charge in [-0.1, -0.05) is 15.9 Å². The van der Waals surface area contributed by atoms with Crippen molar-refractivity contribution in [2.75, 3.05) is 24.5 Å². The van der Waals surface area contributed by atoms with E-state index in [0.717, 1.165) is 41.2 Å². The molecule has 0 bridgehead atoms. The van der Waals surface area contributed by atoms with Crippen LogP contribution in [-0.2, 0) is 0 Å². The van der Waals surface area contributed by atoms with Crippen molar-refractivity contribution in [1.29, 1.82) is 0 Å². The Balaban J connectivity index is 1.99. The van der Waals surface area contributed by atoms with E-state index in [9.17, 15) is 0 Å². The van der Waals surface area contributed by atoms with E-state index >= 15 is 0 Å². The number of halogens is 1. The van der Waals surface area contributed by atoms with E-state index in [1.165, 1.54) is 0 Å². The second kappa shape index (κ2) is 4.31. The number of aromatic nitrogens is 1. The summed E-state index contributed by atoms with van der Waals surface area (Å²) in [6.07, 6.45) is 0. The van der Waals surface area contributed by atoms with Crippen molar-refractivity contribution in [3.8, 4) is 0 Å². The Hall–Kier alpha value is -1.07. The van der Waals surface area contributed by atoms with Crippen LogP contribution in [0.3, 0.4) is 0 Å². The summed E-state index contributed by atoms with van der Waals surface area (Å²) in [6.45, 7) is 5.07. The summed E-state index contributed by atoms with van der Waals surface area (Å²) in [5.74, 6) is 0. The number of benzene rings is 1. The van der Waals surface area contributed by atoms with Crippen LogP contribution < -0.4 is 10.2 Å². The molecule has 2 heterocycles. The normalized spacial score (nSPS) is 21.1. The maximum absolute atomic E-state index is 5.80. The Kier molecular flexibility index (Phi) is 2.80. The molecule has 4 nitrogen and oxygen atoms in total. The fourth-order valence-corrected chi connectivity index (χ4v) is 2.49. The highest BCUT2D eigenvalue weighted by Crippen LogP contribution is 2.26. The minimum atomic E-state index is 0.417. The molecule has 0 radical (unpaired) electrons. The molecule has 1 aliphatic heterocycles. The van der Waals surface area contributed by atoms with Crippen LogP contribution in [0.4, 0.5) is 6.01 Å². The van der Waals surface area contributed by atoms with Crippen LogP contribution in [0, 0.1) is 0 Å². The number of anilines is 1. The zero-order valence-electron chi connectivity index (χ0n) is 9.61. The van der Waals surface area contributed by atoms with Crippen LogP contribution in [0.25, 0.3) is 11.1 Å². The summed E-state index contributed by atoms with van der Waals surface area (Å²) < 4.78 is 6.83. The average Bonchev–Trinajstić information content (AvgIpc) is 2.72. The fourth-order valence-electron chi connectivity index (χ4n) is 2.14. The third-order valence-corrected chi connectivity index (χ3v) is 3.58. The Labute approximate surface area is 108 Å². The minimum Gasteiger partial charge on any atom is -0.423 e. The van der Waals surface area contributed by atoms with Gasteiger partial charge in [0.2, 0.25) is 0 Å².